The third-order valence-corrected chi connectivity index (χ3v) is 9.68. The summed E-state index contributed by atoms with van der Waals surface area (Å²) in [6, 6.07) is 0. The van der Waals surface area contributed by atoms with Crippen molar-refractivity contribution in [3.63, 3.8) is 0 Å². The van der Waals surface area contributed by atoms with E-state index in [-0.39, 0.29) is 46.9 Å². The number of fused-ring (bicyclic) bond motifs is 5. The maximum atomic E-state index is 15.9. The highest BCUT2D eigenvalue weighted by Crippen LogP contribution is 2.51. The molecule has 0 spiro atoms. The number of hydrogen-bond donors (Lipinski definition) is 4. The fourth-order valence-corrected chi connectivity index (χ4v) is 7.60. The second kappa shape index (κ2) is 10.5. The van der Waals surface area contributed by atoms with Gasteiger partial charge in [-0.3, -0.25) is 32.1 Å². The van der Waals surface area contributed by atoms with E-state index < -0.39 is 78.9 Å². The van der Waals surface area contributed by atoms with E-state index in [2.05, 4.69) is 29.9 Å². The third kappa shape index (κ3) is 5.11. The van der Waals surface area contributed by atoms with Gasteiger partial charge in [-0.25, -0.2) is 28.9 Å². The van der Waals surface area contributed by atoms with Gasteiger partial charge < -0.3 is 25.8 Å². The number of H-pyrrole nitrogens is 1. The van der Waals surface area contributed by atoms with Crippen molar-refractivity contribution < 1.29 is 45.0 Å². The first-order valence-electron chi connectivity index (χ1n) is 13.1. The minimum atomic E-state index is -4.93. The summed E-state index contributed by atoms with van der Waals surface area (Å²) in [6.07, 6.45) is -6.86. The Labute approximate surface area is 245 Å². The second-order valence-electron chi connectivity index (χ2n) is 10.3. The van der Waals surface area contributed by atoms with E-state index in [1.165, 1.54) is 21.8 Å². The third-order valence-electron chi connectivity index (χ3n) is 7.42. The number of hydrogen-bond acceptors (Lipinski definition) is 16. The van der Waals surface area contributed by atoms with E-state index in [1.807, 2.05) is 0 Å². The number of aromatic amines is 1. The van der Waals surface area contributed by atoms with Gasteiger partial charge in [-0.05, 0) is 6.42 Å². The Morgan fingerprint density at radius 3 is 2.59 bits per heavy atom. The van der Waals surface area contributed by atoms with E-state index in [1.54, 1.807) is 0 Å². The van der Waals surface area contributed by atoms with E-state index in [9.17, 15) is 22.7 Å². The minimum absolute atomic E-state index is 0.00228. The van der Waals surface area contributed by atoms with Crippen molar-refractivity contribution in [3.8, 4) is 0 Å². The van der Waals surface area contributed by atoms with E-state index in [0.29, 0.717) is 0 Å². The zero-order valence-corrected chi connectivity index (χ0v) is 24.0. The molecule has 8 atom stereocenters. The number of rotatable bonds is 2. The van der Waals surface area contributed by atoms with Crippen LogP contribution in [-0.4, -0.2) is 95.3 Å². The van der Waals surface area contributed by atoms with Crippen LogP contribution in [0.1, 0.15) is 25.3 Å². The first-order chi connectivity index (χ1) is 20.9. The molecular formula is C21H24FN10O10PS. The van der Waals surface area contributed by atoms with Crippen LogP contribution >= 0.6 is 7.82 Å². The van der Waals surface area contributed by atoms with Crippen LogP contribution in [0, 0.1) is 0 Å². The van der Waals surface area contributed by atoms with Gasteiger partial charge in [0.05, 0.1) is 31.1 Å². The lowest BCUT2D eigenvalue weighted by molar-refractivity contribution is -0.0552. The van der Waals surface area contributed by atoms with Crippen LogP contribution in [0.15, 0.2) is 23.8 Å². The first-order valence-corrected chi connectivity index (χ1v) is 16.1. The number of nitrogens with two attached hydrogens (primary N) is 2. The Hall–Kier alpha value is -3.63. The number of nitrogens with one attached hydrogen (secondary N) is 1. The Morgan fingerprint density at radius 2 is 1.80 bits per heavy atom. The Kier molecular flexibility index (Phi) is 6.93. The van der Waals surface area contributed by atoms with Crippen LogP contribution in [0.5, 0.6) is 0 Å². The number of phosphoric ester groups is 1. The van der Waals surface area contributed by atoms with Crippen molar-refractivity contribution in [2.45, 2.75) is 55.9 Å². The van der Waals surface area contributed by atoms with Crippen LogP contribution in [0.25, 0.3) is 22.3 Å². The summed E-state index contributed by atoms with van der Waals surface area (Å²) < 4.78 is 85.2. The molecule has 0 aromatic carbocycles. The number of ether oxygens (including phenoxy) is 2. The molecule has 2 bridgehead atoms. The molecule has 23 heteroatoms. The standard InChI is InChI=1S/C21H24FN10O10PS/c22-11-14-10(40-20(11)31-6-27-12-15(23)25-5-26-16(12)31)4-38-43(34,35)41-9-3-8(1-2-44(36,37)42-14)39-19(9)32-7-28-13-17(32)29-21(24)30-18(13)33/h5-11,14,19-20H,1-4H2,(H,34,35)(H2,23,25,26)(H3,24,29,30,33). The minimum Gasteiger partial charge on any atom is -0.382 e. The number of nitrogen functional groups attached to an aromatic ring is 2. The van der Waals surface area contributed by atoms with Gasteiger partial charge >= 0.3 is 7.82 Å². The fourth-order valence-electron chi connectivity index (χ4n) is 5.46. The van der Waals surface area contributed by atoms with E-state index >= 15 is 4.39 Å². The van der Waals surface area contributed by atoms with Crippen LogP contribution in [-0.2, 0) is 37.4 Å². The molecule has 44 heavy (non-hydrogen) atoms. The van der Waals surface area contributed by atoms with Crippen molar-refractivity contribution in [2.24, 2.45) is 0 Å². The van der Waals surface area contributed by atoms with Gasteiger partial charge in [0.15, 0.2) is 41.3 Å². The Balaban J connectivity index is 1.19. The van der Waals surface area contributed by atoms with Crippen LogP contribution in [0.4, 0.5) is 16.2 Å². The SMILES string of the molecule is Nc1nc2c(ncn2C2OC3CCS(=O)(=O)OC4C(COP(=O)(O)OC2C3)OC(n2cnc3c(N)ncnc32)C4F)c(=O)[nH]1. The van der Waals surface area contributed by atoms with Gasteiger partial charge in [-0.15, -0.1) is 0 Å². The lowest BCUT2D eigenvalue weighted by Crippen LogP contribution is -2.37. The van der Waals surface area contributed by atoms with Crippen molar-refractivity contribution in [2.75, 3.05) is 23.8 Å². The van der Waals surface area contributed by atoms with Crippen molar-refractivity contribution in [3.05, 3.63) is 29.3 Å². The van der Waals surface area contributed by atoms with Gasteiger partial charge in [-0.1, -0.05) is 0 Å². The van der Waals surface area contributed by atoms with Crippen molar-refractivity contribution in [1.29, 1.82) is 0 Å². The summed E-state index contributed by atoms with van der Waals surface area (Å²) in [5, 5.41) is 0. The normalized spacial score (nSPS) is 34.4. The predicted octanol–water partition coefficient (Wildman–Crippen LogP) is -0.732. The van der Waals surface area contributed by atoms with Crippen molar-refractivity contribution in [1.82, 2.24) is 39.0 Å². The molecule has 4 aromatic rings. The van der Waals surface area contributed by atoms with Crippen LogP contribution in [0.3, 0.4) is 0 Å². The van der Waals surface area contributed by atoms with Gasteiger partial charge in [0.2, 0.25) is 5.95 Å². The number of aromatic nitrogens is 8. The quantitative estimate of drug-likeness (QED) is 0.152. The molecule has 3 fully saturated rings. The molecule has 0 saturated carbocycles. The molecule has 4 aromatic heterocycles. The lowest BCUT2D eigenvalue weighted by Gasteiger charge is -2.24. The smallest absolute Gasteiger partial charge is 0.382 e. The molecule has 3 aliphatic heterocycles. The first kappa shape index (κ1) is 29.1. The maximum absolute atomic E-state index is 15.9. The molecule has 8 unspecified atom stereocenters. The Bertz CT molecular complexity index is 1970. The monoisotopic (exact) mass is 658 g/mol. The number of halogens is 1. The maximum Gasteiger partial charge on any atom is 0.472 e. The lowest BCUT2D eigenvalue weighted by atomic mass is 10.1. The molecule has 7 heterocycles. The summed E-state index contributed by atoms with van der Waals surface area (Å²) in [4.78, 5) is 45.3. The average Bonchev–Trinajstić information content (AvgIpc) is 3.72. The molecule has 0 amide bonds. The summed E-state index contributed by atoms with van der Waals surface area (Å²) in [5.74, 6) is -0.800. The summed E-state index contributed by atoms with van der Waals surface area (Å²) in [7, 11) is -9.35. The second-order valence-corrected chi connectivity index (χ2v) is 13.4. The largest absolute Gasteiger partial charge is 0.472 e. The predicted molar refractivity (Wildman–Crippen MR) is 144 cm³/mol. The number of imidazole rings is 2. The van der Waals surface area contributed by atoms with Crippen molar-refractivity contribution >= 4 is 52.0 Å². The zero-order chi connectivity index (χ0) is 31.0. The van der Waals surface area contributed by atoms with Gasteiger partial charge in [0, 0.05) is 6.42 Å². The highest BCUT2D eigenvalue weighted by molar-refractivity contribution is 7.86. The topological polar surface area (TPSA) is 277 Å². The number of alkyl halides is 1. The molecule has 3 saturated heterocycles. The number of nitrogens with zero attached hydrogens (tertiary/aromatic N) is 7. The van der Waals surface area contributed by atoms with Gasteiger partial charge in [0.25, 0.3) is 15.7 Å². The Morgan fingerprint density at radius 1 is 1.05 bits per heavy atom. The molecule has 6 N–H and O–H groups in total. The molecule has 20 nitrogen and oxygen atoms in total. The molecule has 0 aliphatic carbocycles. The molecule has 0 radical (unpaired) electrons. The molecule has 236 valence electrons. The van der Waals surface area contributed by atoms with Gasteiger partial charge in [-0.2, -0.15) is 13.4 Å². The highest BCUT2D eigenvalue weighted by Gasteiger charge is 2.51. The fraction of sp³-hybridized carbons (Fsp3) is 0.524. The summed E-state index contributed by atoms with van der Waals surface area (Å²) in [5.41, 5.74) is 11.0. The summed E-state index contributed by atoms with van der Waals surface area (Å²) >= 11 is 0. The zero-order valence-electron chi connectivity index (χ0n) is 22.2. The molecule has 7 rings (SSSR count). The van der Waals surface area contributed by atoms with E-state index in [0.717, 1.165) is 6.33 Å². The highest BCUT2D eigenvalue weighted by atomic mass is 32.2. The summed E-state index contributed by atoms with van der Waals surface area (Å²) in [6.45, 7) is -0.808. The van der Waals surface area contributed by atoms with Crippen LogP contribution < -0.4 is 17.0 Å². The molecular weight excluding hydrogens is 634 g/mol. The van der Waals surface area contributed by atoms with Crippen LogP contribution in [0.2, 0.25) is 0 Å². The average molecular weight is 659 g/mol. The van der Waals surface area contributed by atoms with Gasteiger partial charge in [0.1, 0.15) is 30.2 Å². The number of anilines is 2. The molecule has 3 aliphatic rings. The number of phosphoric acid groups is 1. The van der Waals surface area contributed by atoms with E-state index in [4.69, 9.17) is 34.2 Å².